The van der Waals surface area contributed by atoms with Crippen molar-refractivity contribution in [1.29, 1.82) is 0 Å². The van der Waals surface area contributed by atoms with Gasteiger partial charge in [0.15, 0.2) is 11.5 Å². The fourth-order valence-corrected chi connectivity index (χ4v) is 2.71. The molecule has 0 aliphatic carbocycles. The third-order valence-corrected chi connectivity index (χ3v) is 3.80. The van der Waals surface area contributed by atoms with E-state index in [1.54, 1.807) is 0 Å². The molecule has 0 saturated heterocycles. The molecule has 0 bridgehead atoms. The first-order chi connectivity index (χ1) is 9.24. The minimum Gasteiger partial charge on any atom is -0.454 e. The van der Waals surface area contributed by atoms with E-state index in [2.05, 4.69) is 43.1 Å². The molecule has 3 aromatic rings. The predicted octanol–water partition coefficient (Wildman–Crippen LogP) is 4.17. The van der Waals surface area contributed by atoms with Crippen LogP contribution in [-0.4, -0.2) is 11.8 Å². The fraction of sp³-hybridized carbons (Fsp3) is 0.250. The number of H-pyrrole nitrogens is 1. The van der Waals surface area contributed by atoms with E-state index >= 15 is 0 Å². The minimum absolute atomic E-state index is 0.307. The van der Waals surface area contributed by atoms with Crippen LogP contribution in [0.5, 0.6) is 11.5 Å². The normalized spacial score (nSPS) is 13.8. The number of aromatic nitrogens is 1. The Balaban J connectivity index is 2.08. The van der Waals surface area contributed by atoms with Crippen molar-refractivity contribution < 1.29 is 9.47 Å². The monoisotopic (exact) mass is 253 g/mol. The van der Waals surface area contributed by atoms with Gasteiger partial charge in [0.05, 0.1) is 5.52 Å². The largest absolute Gasteiger partial charge is 0.454 e. The van der Waals surface area contributed by atoms with Crippen LogP contribution in [0.3, 0.4) is 0 Å². The molecule has 3 heteroatoms. The Hall–Kier alpha value is -2.16. The molecule has 0 saturated carbocycles. The number of nitrogens with one attached hydrogen (secondary N) is 1. The lowest BCUT2D eigenvalue weighted by Crippen LogP contribution is -1.93. The van der Waals surface area contributed by atoms with E-state index in [4.69, 9.17) is 9.47 Å². The lowest BCUT2D eigenvalue weighted by Gasteiger charge is -2.04. The number of fused-ring (bicyclic) bond motifs is 5. The summed E-state index contributed by atoms with van der Waals surface area (Å²) in [6.07, 6.45) is 0. The second kappa shape index (κ2) is 3.67. The predicted molar refractivity (Wildman–Crippen MR) is 76.0 cm³/mol. The Morgan fingerprint density at radius 2 is 1.95 bits per heavy atom. The maximum Gasteiger partial charge on any atom is 0.231 e. The van der Waals surface area contributed by atoms with E-state index in [1.807, 2.05) is 6.07 Å². The van der Waals surface area contributed by atoms with Gasteiger partial charge < -0.3 is 14.5 Å². The lowest BCUT2D eigenvalue weighted by molar-refractivity contribution is 0.174. The van der Waals surface area contributed by atoms with Crippen LogP contribution in [-0.2, 0) is 0 Å². The van der Waals surface area contributed by atoms with Crippen LogP contribution in [0.15, 0.2) is 30.3 Å². The smallest absolute Gasteiger partial charge is 0.231 e. The highest BCUT2D eigenvalue weighted by molar-refractivity contribution is 6.10. The number of rotatable bonds is 1. The molecular formula is C16H15NO2. The molecule has 2 heterocycles. The molecule has 1 aliphatic rings. The van der Waals surface area contributed by atoms with E-state index in [-0.39, 0.29) is 0 Å². The van der Waals surface area contributed by atoms with Crippen LogP contribution in [0.25, 0.3) is 21.8 Å². The zero-order valence-corrected chi connectivity index (χ0v) is 11.0. The molecule has 1 N–H and O–H groups in total. The molecule has 0 amide bonds. The maximum absolute atomic E-state index is 5.57. The van der Waals surface area contributed by atoms with Crippen LogP contribution >= 0.6 is 0 Å². The number of hydrogen-bond acceptors (Lipinski definition) is 2. The summed E-state index contributed by atoms with van der Waals surface area (Å²) in [6, 6.07) is 10.7. The third-order valence-electron chi connectivity index (χ3n) is 3.80. The average molecular weight is 253 g/mol. The van der Waals surface area contributed by atoms with Gasteiger partial charge in [0, 0.05) is 16.3 Å². The van der Waals surface area contributed by atoms with Gasteiger partial charge >= 0.3 is 0 Å². The Morgan fingerprint density at radius 3 is 2.79 bits per heavy atom. The first-order valence-corrected chi connectivity index (χ1v) is 6.58. The maximum atomic E-state index is 5.57. The molecule has 0 radical (unpaired) electrons. The Morgan fingerprint density at radius 1 is 1.05 bits per heavy atom. The van der Waals surface area contributed by atoms with Gasteiger partial charge in [0.25, 0.3) is 0 Å². The van der Waals surface area contributed by atoms with Gasteiger partial charge in [-0.1, -0.05) is 19.9 Å². The summed E-state index contributed by atoms with van der Waals surface area (Å²) < 4.78 is 11.0. The van der Waals surface area contributed by atoms with Crippen LogP contribution in [0.2, 0.25) is 0 Å². The van der Waals surface area contributed by atoms with Gasteiger partial charge in [0.1, 0.15) is 0 Å². The van der Waals surface area contributed by atoms with Gasteiger partial charge in [-0.15, -0.1) is 0 Å². The van der Waals surface area contributed by atoms with Crippen molar-refractivity contribution in [2.45, 2.75) is 19.8 Å². The summed E-state index contributed by atoms with van der Waals surface area (Å²) in [7, 11) is 0. The first kappa shape index (κ1) is 10.7. The summed E-state index contributed by atoms with van der Waals surface area (Å²) in [5.41, 5.74) is 3.53. The number of ether oxygens (including phenoxy) is 2. The second-order valence-electron chi connectivity index (χ2n) is 5.31. The molecule has 1 aromatic heterocycles. The summed E-state index contributed by atoms with van der Waals surface area (Å²) in [5.74, 6) is 2.19. The molecule has 0 fully saturated rings. The number of benzene rings is 2. The lowest BCUT2D eigenvalue weighted by atomic mass is 10.0. The second-order valence-corrected chi connectivity index (χ2v) is 5.31. The third kappa shape index (κ3) is 1.44. The Kier molecular flexibility index (Phi) is 2.07. The molecule has 2 aromatic carbocycles. The fourth-order valence-electron chi connectivity index (χ4n) is 2.71. The highest BCUT2D eigenvalue weighted by atomic mass is 16.7. The average Bonchev–Trinajstić information content (AvgIpc) is 3.01. The first-order valence-electron chi connectivity index (χ1n) is 6.58. The molecule has 0 spiro atoms. The summed E-state index contributed by atoms with van der Waals surface area (Å²) >= 11 is 0. The van der Waals surface area contributed by atoms with Gasteiger partial charge in [-0.25, -0.2) is 0 Å². The molecule has 4 rings (SSSR count). The highest BCUT2D eigenvalue weighted by Crippen LogP contribution is 2.41. The van der Waals surface area contributed by atoms with E-state index in [9.17, 15) is 0 Å². The van der Waals surface area contributed by atoms with Crippen LogP contribution in [0.4, 0.5) is 0 Å². The van der Waals surface area contributed by atoms with Crippen LogP contribution in [0.1, 0.15) is 25.3 Å². The van der Waals surface area contributed by atoms with E-state index in [0.29, 0.717) is 12.7 Å². The van der Waals surface area contributed by atoms with Gasteiger partial charge in [-0.3, -0.25) is 0 Å². The molecule has 0 unspecified atom stereocenters. The van der Waals surface area contributed by atoms with Gasteiger partial charge in [-0.05, 0) is 35.7 Å². The highest BCUT2D eigenvalue weighted by Gasteiger charge is 2.19. The van der Waals surface area contributed by atoms with Crippen LogP contribution in [0, 0.1) is 0 Å². The quantitative estimate of drug-likeness (QED) is 0.706. The molecule has 96 valence electrons. The van der Waals surface area contributed by atoms with E-state index in [1.165, 1.54) is 16.3 Å². The number of hydrogen-bond donors (Lipinski definition) is 1. The zero-order valence-electron chi connectivity index (χ0n) is 11.0. The molecule has 19 heavy (non-hydrogen) atoms. The van der Waals surface area contributed by atoms with Crippen LogP contribution < -0.4 is 9.47 Å². The Bertz CT molecular complexity index is 786. The molecule has 3 nitrogen and oxygen atoms in total. The molecule has 0 atom stereocenters. The summed E-state index contributed by atoms with van der Waals surface area (Å²) in [5, 5.41) is 2.45. The zero-order chi connectivity index (χ0) is 13.0. The molecular weight excluding hydrogens is 238 g/mol. The minimum atomic E-state index is 0.307. The van der Waals surface area contributed by atoms with Crippen molar-refractivity contribution in [3.8, 4) is 11.5 Å². The van der Waals surface area contributed by atoms with Gasteiger partial charge in [0.2, 0.25) is 6.79 Å². The Labute approximate surface area is 111 Å². The van der Waals surface area contributed by atoms with E-state index in [0.717, 1.165) is 22.5 Å². The van der Waals surface area contributed by atoms with Crippen molar-refractivity contribution in [2.24, 2.45) is 0 Å². The number of aromatic amines is 1. The van der Waals surface area contributed by atoms with Crippen molar-refractivity contribution in [2.75, 3.05) is 6.79 Å². The van der Waals surface area contributed by atoms with Crippen molar-refractivity contribution >= 4 is 21.8 Å². The van der Waals surface area contributed by atoms with Crippen molar-refractivity contribution in [1.82, 2.24) is 4.98 Å². The van der Waals surface area contributed by atoms with Crippen molar-refractivity contribution in [3.05, 3.63) is 35.9 Å². The SMILES string of the molecule is CC(C)c1ccc2[nH]c3c4c(ccc3c2c1)OCO4. The summed E-state index contributed by atoms with van der Waals surface area (Å²) in [4.78, 5) is 3.44. The topological polar surface area (TPSA) is 34.2 Å². The standard InChI is InChI=1S/C16H15NO2/c1-9(2)10-3-5-13-12(7-10)11-4-6-14-16(15(11)17-13)19-8-18-14/h3-7,9,17H,8H2,1-2H3. The summed E-state index contributed by atoms with van der Waals surface area (Å²) in [6.45, 7) is 4.73. The van der Waals surface area contributed by atoms with E-state index < -0.39 is 0 Å². The van der Waals surface area contributed by atoms with Gasteiger partial charge in [-0.2, -0.15) is 0 Å². The van der Waals surface area contributed by atoms with Crippen molar-refractivity contribution in [3.63, 3.8) is 0 Å². The molecule has 1 aliphatic heterocycles.